The lowest BCUT2D eigenvalue weighted by molar-refractivity contribution is -0.386. The van der Waals surface area contributed by atoms with Crippen molar-refractivity contribution in [3.8, 4) is 5.75 Å². The molecule has 1 atom stereocenters. The van der Waals surface area contributed by atoms with Crippen LogP contribution in [0, 0.1) is 10.1 Å². The molecule has 19 heavy (non-hydrogen) atoms. The minimum absolute atomic E-state index is 0.0411. The van der Waals surface area contributed by atoms with Crippen molar-refractivity contribution in [3.05, 3.63) is 32.8 Å². The van der Waals surface area contributed by atoms with Crippen molar-refractivity contribution < 1.29 is 14.5 Å². The molecule has 0 radical (unpaired) electrons. The smallest absolute Gasteiger partial charge is 0.312 e. The number of halogens is 1. The molecule has 1 rings (SSSR count). The van der Waals surface area contributed by atoms with Gasteiger partial charge in [0, 0.05) is 12.5 Å². The number of nitrogens with two attached hydrogens (primary N) is 2. The van der Waals surface area contributed by atoms with Crippen molar-refractivity contribution in [3.63, 3.8) is 0 Å². The minimum atomic E-state index is -1.21. The van der Waals surface area contributed by atoms with Crippen molar-refractivity contribution in [1.82, 2.24) is 0 Å². The molecule has 1 amide bonds. The average molecular weight is 332 g/mol. The summed E-state index contributed by atoms with van der Waals surface area (Å²) >= 11 is 3.17. The van der Waals surface area contributed by atoms with Crippen LogP contribution >= 0.6 is 15.9 Å². The fourth-order valence-electron chi connectivity index (χ4n) is 1.27. The van der Waals surface area contributed by atoms with E-state index in [0.29, 0.717) is 4.47 Å². The van der Waals surface area contributed by atoms with Crippen molar-refractivity contribution >= 4 is 27.5 Å². The Labute approximate surface area is 118 Å². The maximum Gasteiger partial charge on any atom is 0.312 e. The highest BCUT2D eigenvalue weighted by Gasteiger charge is 2.26. The van der Waals surface area contributed by atoms with Crippen LogP contribution in [0.5, 0.6) is 5.75 Å². The van der Waals surface area contributed by atoms with Crippen molar-refractivity contribution in [1.29, 1.82) is 0 Å². The standard InChI is InChI=1S/C11H14BrN3O4/c1-11(14,10(13)16)5-6-19-9-7(12)3-2-4-8(9)15(17)18/h2-4H,5-6,14H2,1H3,(H2,13,16). The normalized spacial score (nSPS) is 13.6. The van der Waals surface area contributed by atoms with E-state index in [2.05, 4.69) is 15.9 Å². The summed E-state index contributed by atoms with van der Waals surface area (Å²) in [7, 11) is 0. The summed E-state index contributed by atoms with van der Waals surface area (Å²) < 4.78 is 5.80. The topological polar surface area (TPSA) is 121 Å². The largest absolute Gasteiger partial charge is 0.486 e. The predicted octanol–water partition coefficient (Wildman–Crippen LogP) is 1.33. The van der Waals surface area contributed by atoms with Gasteiger partial charge in [0.25, 0.3) is 0 Å². The number of rotatable bonds is 6. The Bertz CT molecular complexity index is 505. The molecule has 1 aromatic carbocycles. The van der Waals surface area contributed by atoms with E-state index in [4.69, 9.17) is 16.2 Å². The summed E-state index contributed by atoms with van der Waals surface area (Å²) in [4.78, 5) is 21.3. The number of carbonyl (C=O) groups is 1. The quantitative estimate of drug-likeness (QED) is 0.601. The lowest BCUT2D eigenvalue weighted by Gasteiger charge is -2.20. The first kappa shape index (κ1) is 15.4. The second-order valence-electron chi connectivity index (χ2n) is 4.23. The van der Waals surface area contributed by atoms with Gasteiger partial charge in [0.15, 0.2) is 0 Å². The molecule has 7 nitrogen and oxygen atoms in total. The molecule has 1 aromatic rings. The van der Waals surface area contributed by atoms with Gasteiger partial charge in [0.2, 0.25) is 11.7 Å². The highest BCUT2D eigenvalue weighted by molar-refractivity contribution is 9.10. The molecule has 0 saturated heterocycles. The van der Waals surface area contributed by atoms with Crippen LogP contribution in [-0.4, -0.2) is 23.0 Å². The van der Waals surface area contributed by atoms with Crippen LogP contribution in [0.2, 0.25) is 0 Å². The van der Waals surface area contributed by atoms with Gasteiger partial charge in [-0.1, -0.05) is 6.07 Å². The molecule has 0 saturated carbocycles. The fraction of sp³-hybridized carbons (Fsp3) is 0.364. The molecule has 104 valence electrons. The zero-order valence-electron chi connectivity index (χ0n) is 10.3. The number of nitrogens with zero attached hydrogens (tertiary/aromatic N) is 1. The van der Waals surface area contributed by atoms with Gasteiger partial charge >= 0.3 is 5.69 Å². The van der Waals surface area contributed by atoms with Crippen LogP contribution in [0.15, 0.2) is 22.7 Å². The van der Waals surface area contributed by atoms with Crippen LogP contribution in [0.4, 0.5) is 5.69 Å². The molecule has 0 aliphatic carbocycles. The number of amides is 1. The molecule has 8 heteroatoms. The van der Waals surface area contributed by atoms with Gasteiger partial charge < -0.3 is 16.2 Å². The molecular weight excluding hydrogens is 318 g/mol. The maximum atomic E-state index is 11.0. The molecule has 4 N–H and O–H groups in total. The van der Waals surface area contributed by atoms with E-state index >= 15 is 0 Å². The second-order valence-corrected chi connectivity index (χ2v) is 5.08. The summed E-state index contributed by atoms with van der Waals surface area (Å²) in [6.07, 6.45) is 0.154. The van der Waals surface area contributed by atoms with Gasteiger partial charge in [-0.2, -0.15) is 0 Å². The molecule has 0 aliphatic rings. The van der Waals surface area contributed by atoms with Crippen molar-refractivity contribution in [2.24, 2.45) is 11.5 Å². The molecule has 0 spiro atoms. The van der Waals surface area contributed by atoms with Crippen molar-refractivity contribution in [2.75, 3.05) is 6.61 Å². The Morgan fingerprint density at radius 2 is 2.21 bits per heavy atom. The minimum Gasteiger partial charge on any atom is -0.486 e. The summed E-state index contributed by atoms with van der Waals surface area (Å²) in [6.45, 7) is 1.52. The first-order valence-corrected chi connectivity index (χ1v) is 6.19. The zero-order valence-corrected chi connectivity index (χ0v) is 11.8. The number of primary amides is 1. The van der Waals surface area contributed by atoms with Crippen LogP contribution in [0.25, 0.3) is 0 Å². The molecular formula is C11H14BrN3O4. The number of benzene rings is 1. The number of para-hydroxylation sites is 1. The van der Waals surface area contributed by atoms with Gasteiger partial charge in [0.1, 0.15) is 0 Å². The number of nitro groups is 1. The third kappa shape index (κ3) is 3.90. The Morgan fingerprint density at radius 1 is 1.58 bits per heavy atom. The number of hydrogen-bond donors (Lipinski definition) is 2. The third-order valence-electron chi connectivity index (χ3n) is 2.57. The summed E-state index contributed by atoms with van der Waals surface area (Å²) in [5, 5.41) is 10.8. The Balaban J connectivity index is 2.79. The monoisotopic (exact) mass is 331 g/mol. The van der Waals surface area contributed by atoms with Gasteiger partial charge in [-0.3, -0.25) is 14.9 Å². The van der Waals surface area contributed by atoms with E-state index in [1.165, 1.54) is 19.1 Å². The summed E-state index contributed by atoms with van der Waals surface area (Å²) in [5.74, 6) is -0.550. The molecule has 0 heterocycles. The second kappa shape index (κ2) is 5.98. The molecule has 1 unspecified atom stereocenters. The highest BCUT2D eigenvalue weighted by atomic mass is 79.9. The number of carbonyl (C=O) groups excluding carboxylic acids is 1. The van der Waals surface area contributed by atoms with E-state index < -0.39 is 16.4 Å². The Kier molecular flexibility index (Phi) is 4.84. The van der Waals surface area contributed by atoms with E-state index in [0.717, 1.165) is 0 Å². The SMILES string of the molecule is CC(N)(CCOc1c(Br)cccc1[N+](=O)[O-])C(N)=O. The first-order valence-electron chi connectivity index (χ1n) is 5.40. The van der Waals surface area contributed by atoms with Gasteiger partial charge in [-0.15, -0.1) is 0 Å². The van der Waals surface area contributed by atoms with Crippen LogP contribution < -0.4 is 16.2 Å². The first-order chi connectivity index (χ1) is 8.75. The molecule has 0 aliphatic heterocycles. The van der Waals surface area contributed by atoms with Gasteiger partial charge in [0.05, 0.1) is 21.5 Å². The van der Waals surface area contributed by atoms with E-state index in [9.17, 15) is 14.9 Å². The molecule has 0 fully saturated rings. The molecule has 0 aromatic heterocycles. The van der Waals surface area contributed by atoms with Gasteiger partial charge in [-0.25, -0.2) is 0 Å². The van der Waals surface area contributed by atoms with Crippen LogP contribution in [0.1, 0.15) is 13.3 Å². The predicted molar refractivity (Wildman–Crippen MR) is 72.7 cm³/mol. The summed E-state index contributed by atoms with van der Waals surface area (Å²) in [5.41, 5.74) is 9.41. The lowest BCUT2D eigenvalue weighted by atomic mass is 9.99. The maximum absolute atomic E-state index is 11.0. The van der Waals surface area contributed by atoms with E-state index in [1.54, 1.807) is 6.07 Å². The van der Waals surface area contributed by atoms with Crippen LogP contribution in [0.3, 0.4) is 0 Å². The van der Waals surface area contributed by atoms with Crippen molar-refractivity contribution in [2.45, 2.75) is 18.9 Å². The fourth-order valence-corrected chi connectivity index (χ4v) is 1.74. The highest BCUT2D eigenvalue weighted by Crippen LogP contribution is 2.34. The van der Waals surface area contributed by atoms with E-state index in [1.807, 2.05) is 0 Å². The van der Waals surface area contributed by atoms with E-state index in [-0.39, 0.29) is 24.5 Å². The Hall–Kier alpha value is -1.67. The molecule has 0 bridgehead atoms. The average Bonchev–Trinajstić information content (AvgIpc) is 2.30. The third-order valence-corrected chi connectivity index (χ3v) is 3.20. The Morgan fingerprint density at radius 3 is 2.74 bits per heavy atom. The number of ether oxygens (including phenoxy) is 1. The number of nitro benzene ring substituents is 1. The number of hydrogen-bond acceptors (Lipinski definition) is 5. The van der Waals surface area contributed by atoms with Gasteiger partial charge in [-0.05, 0) is 28.9 Å². The summed E-state index contributed by atoms with van der Waals surface area (Å²) in [6, 6.07) is 4.49. The lowest BCUT2D eigenvalue weighted by Crippen LogP contribution is -2.50. The zero-order chi connectivity index (χ0) is 14.6. The van der Waals surface area contributed by atoms with Crippen LogP contribution in [-0.2, 0) is 4.79 Å².